The minimum atomic E-state index is -1.67. The summed E-state index contributed by atoms with van der Waals surface area (Å²) < 4.78 is 55.0. The molecule has 1 saturated carbocycles. The Hall–Kier alpha value is -2.80. The zero-order valence-corrected chi connectivity index (χ0v) is 16.7. The zero-order valence-electron chi connectivity index (χ0n) is 16.7. The van der Waals surface area contributed by atoms with Gasteiger partial charge in [-0.3, -0.25) is 0 Å². The second kappa shape index (κ2) is 8.52. The van der Waals surface area contributed by atoms with E-state index in [0.29, 0.717) is 11.5 Å². The maximum Gasteiger partial charge on any atom is 0.195 e. The Bertz CT molecular complexity index is 1130. The lowest BCUT2D eigenvalue weighted by atomic mass is 9.79. The van der Waals surface area contributed by atoms with Crippen molar-refractivity contribution in [1.82, 2.24) is 0 Å². The highest BCUT2D eigenvalue weighted by Crippen LogP contribution is 2.35. The average molecular weight is 410 g/mol. The van der Waals surface area contributed by atoms with Crippen molar-refractivity contribution < 1.29 is 17.6 Å². The minimum Gasteiger partial charge on any atom is -0.206 e. The third kappa shape index (κ3) is 4.07. The number of hydrogen-bond acceptors (Lipinski definition) is 0. The predicted molar refractivity (Wildman–Crippen MR) is 111 cm³/mol. The van der Waals surface area contributed by atoms with Crippen LogP contribution in [0.15, 0.2) is 42.5 Å². The van der Waals surface area contributed by atoms with E-state index in [0.717, 1.165) is 44.2 Å². The Morgan fingerprint density at radius 1 is 0.833 bits per heavy atom. The molecule has 4 heteroatoms. The first-order valence-corrected chi connectivity index (χ1v) is 10.3. The van der Waals surface area contributed by atoms with Gasteiger partial charge in [0.2, 0.25) is 0 Å². The summed E-state index contributed by atoms with van der Waals surface area (Å²) in [4.78, 5) is 0. The standard InChI is InChI=1S/C26H22F4/c1-2-16-5-9-19(10-6-16)20-11-7-17(8-12-20)3-4-18-13-21-15-23(28)25(29)26(30)24(21)22(27)14-18/h5-6,9-10,13-15,17,20H,2,7-8,11-12H2,1H3. The fourth-order valence-corrected chi connectivity index (χ4v) is 4.24. The molecule has 0 N–H and O–H groups in total. The van der Waals surface area contributed by atoms with Crippen molar-refractivity contribution in [2.24, 2.45) is 5.92 Å². The SMILES string of the molecule is CCc1ccc(C2CCC(C#Cc3cc(F)c4c(F)c(F)c(F)cc4c3)CC2)cc1. The first-order valence-electron chi connectivity index (χ1n) is 10.3. The molecule has 0 saturated heterocycles. The number of halogens is 4. The molecule has 0 aliphatic heterocycles. The molecular weight excluding hydrogens is 388 g/mol. The highest BCUT2D eigenvalue weighted by Gasteiger charge is 2.21. The molecule has 1 fully saturated rings. The van der Waals surface area contributed by atoms with E-state index in [2.05, 4.69) is 43.0 Å². The first kappa shape index (κ1) is 20.5. The van der Waals surface area contributed by atoms with Crippen LogP contribution in [0.2, 0.25) is 0 Å². The fraction of sp³-hybridized carbons (Fsp3) is 0.308. The summed E-state index contributed by atoms with van der Waals surface area (Å²) in [6.45, 7) is 2.14. The van der Waals surface area contributed by atoms with E-state index in [1.807, 2.05) is 0 Å². The van der Waals surface area contributed by atoms with Gasteiger partial charge in [-0.05, 0) is 72.7 Å². The molecule has 1 aliphatic carbocycles. The summed E-state index contributed by atoms with van der Waals surface area (Å²) in [5.74, 6) is 1.42. The third-order valence-electron chi connectivity index (χ3n) is 6.03. The van der Waals surface area contributed by atoms with Crippen molar-refractivity contribution >= 4 is 10.8 Å². The largest absolute Gasteiger partial charge is 0.206 e. The van der Waals surface area contributed by atoms with Gasteiger partial charge in [-0.15, -0.1) is 0 Å². The van der Waals surface area contributed by atoms with Gasteiger partial charge in [0, 0.05) is 11.5 Å². The van der Waals surface area contributed by atoms with Gasteiger partial charge in [-0.25, -0.2) is 17.6 Å². The van der Waals surface area contributed by atoms with Crippen LogP contribution in [0.5, 0.6) is 0 Å². The van der Waals surface area contributed by atoms with E-state index in [1.54, 1.807) is 0 Å². The van der Waals surface area contributed by atoms with Crippen LogP contribution in [0.3, 0.4) is 0 Å². The lowest BCUT2D eigenvalue weighted by Crippen LogP contribution is -2.12. The molecule has 1 aliphatic rings. The third-order valence-corrected chi connectivity index (χ3v) is 6.03. The van der Waals surface area contributed by atoms with Crippen molar-refractivity contribution in [3.05, 3.63) is 82.4 Å². The summed E-state index contributed by atoms with van der Waals surface area (Å²) in [6.07, 6.45) is 5.04. The van der Waals surface area contributed by atoms with Gasteiger partial charge in [0.25, 0.3) is 0 Å². The van der Waals surface area contributed by atoms with Gasteiger partial charge in [-0.2, -0.15) is 0 Å². The molecule has 154 valence electrons. The van der Waals surface area contributed by atoms with Gasteiger partial charge < -0.3 is 0 Å². The number of hydrogen-bond donors (Lipinski definition) is 0. The fourth-order valence-electron chi connectivity index (χ4n) is 4.24. The van der Waals surface area contributed by atoms with Gasteiger partial charge in [0.15, 0.2) is 17.5 Å². The summed E-state index contributed by atoms with van der Waals surface area (Å²) in [5.41, 5.74) is 3.04. The summed E-state index contributed by atoms with van der Waals surface area (Å²) in [5, 5.41) is -0.580. The molecule has 0 amide bonds. The van der Waals surface area contributed by atoms with E-state index >= 15 is 0 Å². The van der Waals surface area contributed by atoms with Crippen LogP contribution >= 0.6 is 0 Å². The van der Waals surface area contributed by atoms with Crippen molar-refractivity contribution in [3.8, 4) is 11.8 Å². The van der Waals surface area contributed by atoms with Crippen LogP contribution in [0.25, 0.3) is 10.8 Å². The molecule has 0 radical (unpaired) electrons. The lowest BCUT2D eigenvalue weighted by Gasteiger charge is -2.26. The monoisotopic (exact) mass is 410 g/mol. The van der Waals surface area contributed by atoms with Gasteiger partial charge in [-0.1, -0.05) is 43.0 Å². The molecule has 0 spiro atoms. The molecule has 30 heavy (non-hydrogen) atoms. The number of fused-ring (bicyclic) bond motifs is 1. The highest BCUT2D eigenvalue weighted by atomic mass is 19.2. The molecule has 3 aromatic rings. The van der Waals surface area contributed by atoms with Crippen molar-refractivity contribution in [1.29, 1.82) is 0 Å². The van der Waals surface area contributed by atoms with Crippen LogP contribution in [0.4, 0.5) is 17.6 Å². The van der Waals surface area contributed by atoms with Gasteiger partial charge in [0.05, 0.1) is 5.39 Å². The van der Waals surface area contributed by atoms with E-state index in [1.165, 1.54) is 17.2 Å². The van der Waals surface area contributed by atoms with Crippen LogP contribution in [0, 0.1) is 41.0 Å². The molecule has 0 bridgehead atoms. The quantitative estimate of drug-likeness (QED) is 0.236. The van der Waals surface area contributed by atoms with Gasteiger partial charge >= 0.3 is 0 Å². The Labute approximate surface area is 173 Å². The van der Waals surface area contributed by atoms with E-state index in [-0.39, 0.29) is 11.3 Å². The van der Waals surface area contributed by atoms with Crippen molar-refractivity contribution in [3.63, 3.8) is 0 Å². The average Bonchev–Trinajstić information content (AvgIpc) is 2.76. The molecule has 0 atom stereocenters. The number of rotatable bonds is 2. The minimum absolute atomic E-state index is 0.0325. The van der Waals surface area contributed by atoms with Crippen molar-refractivity contribution in [2.45, 2.75) is 44.9 Å². The van der Waals surface area contributed by atoms with E-state index in [9.17, 15) is 17.6 Å². The van der Waals surface area contributed by atoms with Gasteiger partial charge in [0.1, 0.15) is 5.82 Å². The smallest absolute Gasteiger partial charge is 0.195 e. The Morgan fingerprint density at radius 3 is 2.20 bits per heavy atom. The molecule has 4 rings (SSSR count). The maximum atomic E-state index is 14.3. The lowest BCUT2D eigenvalue weighted by molar-refractivity contribution is 0.384. The predicted octanol–water partition coefficient (Wildman–Crippen LogP) is 7.28. The number of aryl methyl sites for hydroxylation is 1. The number of benzene rings is 3. The molecule has 3 aromatic carbocycles. The molecular formula is C26H22F4. The zero-order chi connectivity index (χ0) is 21.3. The second-order valence-electron chi connectivity index (χ2n) is 7.96. The van der Waals surface area contributed by atoms with Crippen LogP contribution in [-0.4, -0.2) is 0 Å². The summed E-state index contributed by atoms with van der Waals surface area (Å²) >= 11 is 0. The second-order valence-corrected chi connectivity index (χ2v) is 7.96. The Morgan fingerprint density at radius 2 is 1.53 bits per heavy atom. The highest BCUT2D eigenvalue weighted by molar-refractivity contribution is 5.85. The normalized spacial score (nSPS) is 18.8. The summed E-state index contributed by atoms with van der Waals surface area (Å²) in [7, 11) is 0. The van der Waals surface area contributed by atoms with Crippen LogP contribution in [-0.2, 0) is 6.42 Å². The topological polar surface area (TPSA) is 0 Å². The van der Waals surface area contributed by atoms with Crippen LogP contribution < -0.4 is 0 Å². The molecule has 0 aromatic heterocycles. The first-order chi connectivity index (χ1) is 14.5. The van der Waals surface area contributed by atoms with Crippen LogP contribution in [0.1, 0.15) is 55.2 Å². The Balaban J connectivity index is 1.48. The molecule has 0 heterocycles. The summed E-state index contributed by atoms with van der Waals surface area (Å²) in [6, 6.07) is 12.1. The Kier molecular flexibility index (Phi) is 5.81. The molecule has 0 unspecified atom stereocenters. The van der Waals surface area contributed by atoms with E-state index < -0.39 is 28.7 Å². The van der Waals surface area contributed by atoms with Crippen molar-refractivity contribution in [2.75, 3.05) is 0 Å². The van der Waals surface area contributed by atoms with E-state index in [4.69, 9.17) is 0 Å². The molecule has 0 nitrogen and oxygen atoms in total. The maximum absolute atomic E-state index is 14.3.